The van der Waals surface area contributed by atoms with Gasteiger partial charge in [-0.15, -0.1) is 0 Å². The Morgan fingerprint density at radius 3 is 3.29 bits per heavy atom. The summed E-state index contributed by atoms with van der Waals surface area (Å²) in [6.45, 7) is 4.89. The van der Waals surface area contributed by atoms with E-state index in [0.29, 0.717) is 6.54 Å². The molecular formula is C11H12N2O. The first-order chi connectivity index (χ1) is 6.81. The largest absolute Gasteiger partial charge is 0.334 e. The maximum absolute atomic E-state index is 11.4. The number of hydrogen-bond acceptors (Lipinski definition) is 2. The molecule has 1 aliphatic heterocycles. The molecule has 1 aromatic heterocycles. The predicted molar refractivity (Wildman–Crippen MR) is 53.6 cm³/mol. The van der Waals surface area contributed by atoms with Gasteiger partial charge in [0, 0.05) is 31.4 Å². The number of amides is 1. The van der Waals surface area contributed by atoms with Crippen LogP contribution in [0.2, 0.25) is 0 Å². The fourth-order valence-electron chi connectivity index (χ4n) is 1.68. The van der Waals surface area contributed by atoms with Crippen molar-refractivity contribution in [3.8, 4) is 0 Å². The molecular weight excluding hydrogens is 176 g/mol. The lowest BCUT2D eigenvalue weighted by molar-refractivity contribution is -0.126. The first kappa shape index (κ1) is 8.94. The van der Waals surface area contributed by atoms with E-state index < -0.39 is 0 Å². The lowest BCUT2D eigenvalue weighted by Gasteiger charge is -2.26. The first-order valence-electron chi connectivity index (χ1n) is 4.65. The van der Waals surface area contributed by atoms with E-state index in [1.165, 1.54) is 6.08 Å². The van der Waals surface area contributed by atoms with E-state index in [2.05, 4.69) is 11.6 Å². The third-order valence-corrected chi connectivity index (χ3v) is 2.45. The van der Waals surface area contributed by atoms with E-state index in [4.69, 9.17) is 0 Å². The Labute approximate surface area is 83.1 Å². The standard InChI is InChI=1S/C11H12N2O/c1-2-11(14)13-7-5-10-9(8-13)4-3-6-12-10/h2-4,6H,1,5,7-8H2. The molecule has 0 saturated carbocycles. The van der Waals surface area contributed by atoms with E-state index in [0.717, 1.165) is 24.2 Å². The zero-order chi connectivity index (χ0) is 9.97. The topological polar surface area (TPSA) is 33.2 Å². The van der Waals surface area contributed by atoms with Gasteiger partial charge < -0.3 is 4.90 Å². The average molecular weight is 188 g/mol. The molecule has 0 saturated heterocycles. The Bertz CT molecular complexity index is 373. The number of carbonyl (C=O) groups is 1. The molecule has 14 heavy (non-hydrogen) atoms. The van der Waals surface area contributed by atoms with E-state index in [1.54, 1.807) is 11.1 Å². The van der Waals surface area contributed by atoms with Gasteiger partial charge in [-0.25, -0.2) is 0 Å². The summed E-state index contributed by atoms with van der Waals surface area (Å²) in [5.41, 5.74) is 2.26. The summed E-state index contributed by atoms with van der Waals surface area (Å²) in [7, 11) is 0. The number of carbonyl (C=O) groups excluding carboxylic acids is 1. The summed E-state index contributed by atoms with van der Waals surface area (Å²) in [5, 5.41) is 0. The Kier molecular flexibility index (Phi) is 2.31. The molecule has 0 aromatic carbocycles. The van der Waals surface area contributed by atoms with Gasteiger partial charge in [-0.2, -0.15) is 0 Å². The summed E-state index contributed by atoms with van der Waals surface area (Å²) in [6, 6.07) is 3.92. The van der Waals surface area contributed by atoms with Gasteiger partial charge >= 0.3 is 0 Å². The number of aromatic nitrogens is 1. The van der Waals surface area contributed by atoms with Gasteiger partial charge in [0.15, 0.2) is 0 Å². The monoisotopic (exact) mass is 188 g/mol. The molecule has 3 nitrogen and oxygen atoms in total. The fraction of sp³-hybridized carbons (Fsp3) is 0.273. The highest BCUT2D eigenvalue weighted by atomic mass is 16.2. The number of rotatable bonds is 1. The van der Waals surface area contributed by atoms with Crippen molar-refractivity contribution in [3.63, 3.8) is 0 Å². The molecule has 0 fully saturated rings. The fourth-order valence-corrected chi connectivity index (χ4v) is 1.68. The molecule has 1 aliphatic rings. The molecule has 0 bridgehead atoms. The van der Waals surface area contributed by atoms with Crippen LogP contribution in [0.3, 0.4) is 0 Å². The van der Waals surface area contributed by atoms with Gasteiger partial charge in [0.25, 0.3) is 0 Å². The SMILES string of the molecule is C=CC(=O)N1CCc2ncccc2C1. The van der Waals surface area contributed by atoms with Gasteiger partial charge in [0.2, 0.25) is 5.91 Å². The first-order valence-corrected chi connectivity index (χ1v) is 4.65. The van der Waals surface area contributed by atoms with Gasteiger partial charge in [-0.05, 0) is 17.7 Å². The summed E-state index contributed by atoms with van der Waals surface area (Å²) in [6.07, 6.45) is 4.00. The summed E-state index contributed by atoms with van der Waals surface area (Å²) in [4.78, 5) is 17.4. The van der Waals surface area contributed by atoms with Crippen molar-refractivity contribution < 1.29 is 4.79 Å². The van der Waals surface area contributed by atoms with Crippen LogP contribution >= 0.6 is 0 Å². The zero-order valence-corrected chi connectivity index (χ0v) is 7.94. The molecule has 0 atom stereocenters. The highest BCUT2D eigenvalue weighted by Crippen LogP contribution is 2.16. The summed E-state index contributed by atoms with van der Waals surface area (Å²) in [5.74, 6) is -0.000460. The number of pyridine rings is 1. The molecule has 0 N–H and O–H groups in total. The minimum atomic E-state index is -0.000460. The molecule has 0 radical (unpaired) electrons. The Hall–Kier alpha value is -1.64. The van der Waals surface area contributed by atoms with Gasteiger partial charge in [-0.3, -0.25) is 9.78 Å². The third kappa shape index (κ3) is 1.53. The minimum absolute atomic E-state index is 0.000460. The Morgan fingerprint density at radius 1 is 1.64 bits per heavy atom. The van der Waals surface area contributed by atoms with E-state index in [1.807, 2.05) is 12.1 Å². The molecule has 72 valence electrons. The molecule has 2 rings (SSSR count). The number of hydrogen-bond donors (Lipinski definition) is 0. The van der Waals surface area contributed by atoms with Crippen LogP contribution in [0.5, 0.6) is 0 Å². The van der Waals surface area contributed by atoms with Crippen molar-refractivity contribution in [1.29, 1.82) is 0 Å². The van der Waals surface area contributed by atoms with Crippen molar-refractivity contribution in [1.82, 2.24) is 9.88 Å². The number of nitrogens with zero attached hydrogens (tertiary/aromatic N) is 2. The third-order valence-electron chi connectivity index (χ3n) is 2.45. The molecule has 0 unspecified atom stereocenters. The second kappa shape index (κ2) is 3.62. The Morgan fingerprint density at radius 2 is 2.50 bits per heavy atom. The van der Waals surface area contributed by atoms with Crippen LogP contribution in [0.15, 0.2) is 31.0 Å². The summed E-state index contributed by atoms with van der Waals surface area (Å²) >= 11 is 0. The van der Waals surface area contributed by atoms with Crippen LogP contribution in [0.25, 0.3) is 0 Å². The highest BCUT2D eigenvalue weighted by Gasteiger charge is 2.18. The van der Waals surface area contributed by atoms with Gasteiger partial charge in [0.1, 0.15) is 0 Å². The van der Waals surface area contributed by atoms with Crippen molar-refractivity contribution in [2.75, 3.05) is 6.54 Å². The van der Waals surface area contributed by atoms with Crippen LogP contribution in [-0.2, 0) is 17.8 Å². The quantitative estimate of drug-likeness (QED) is 0.619. The van der Waals surface area contributed by atoms with Crippen LogP contribution in [0.4, 0.5) is 0 Å². The summed E-state index contributed by atoms with van der Waals surface area (Å²) < 4.78 is 0. The predicted octanol–water partition coefficient (Wildman–Crippen LogP) is 1.15. The maximum Gasteiger partial charge on any atom is 0.246 e. The van der Waals surface area contributed by atoms with Crippen molar-refractivity contribution >= 4 is 5.91 Å². The lowest BCUT2D eigenvalue weighted by atomic mass is 10.1. The van der Waals surface area contributed by atoms with Crippen LogP contribution in [0.1, 0.15) is 11.3 Å². The second-order valence-electron chi connectivity index (χ2n) is 3.32. The minimum Gasteiger partial charge on any atom is -0.334 e. The molecule has 2 heterocycles. The lowest BCUT2D eigenvalue weighted by Crippen LogP contribution is -2.35. The van der Waals surface area contributed by atoms with Crippen LogP contribution in [0, 0.1) is 0 Å². The van der Waals surface area contributed by atoms with E-state index >= 15 is 0 Å². The Balaban J connectivity index is 2.21. The van der Waals surface area contributed by atoms with Crippen molar-refractivity contribution in [2.24, 2.45) is 0 Å². The normalized spacial score (nSPS) is 14.7. The van der Waals surface area contributed by atoms with Crippen molar-refractivity contribution in [3.05, 3.63) is 42.2 Å². The average Bonchev–Trinajstić information content (AvgIpc) is 2.27. The number of fused-ring (bicyclic) bond motifs is 1. The molecule has 0 aliphatic carbocycles. The van der Waals surface area contributed by atoms with Crippen molar-refractivity contribution in [2.45, 2.75) is 13.0 Å². The molecule has 1 amide bonds. The van der Waals surface area contributed by atoms with Crippen LogP contribution < -0.4 is 0 Å². The molecule has 1 aromatic rings. The van der Waals surface area contributed by atoms with Crippen LogP contribution in [-0.4, -0.2) is 22.3 Å². The molecule has 3 heteroatoms. The highest BCUT2D eigenvalue weighted by molar-refractivity contribution is 5.87. The zero-order valence-electron chi connectivity index (χ0n) is 7.94. The molecule has 0 spiro atoms. The van der Waals surface area contributed by atoms with Gasteiger partial charge in [0.05, 0.1) is 0 Å². The second-order valence-corrected chi connectivity index (χ2v) is 3.32. The van der Waals surface area contributed by atoms with E-state index in [-0.39, 0.29) is 5.91 Å². The maximum atomic E-state index is 11.4. The van der Waals surface area contributed by atoms with Gasteiger partial charge in [-0.1, -0.05) is 12.6 Å². The smallest absolute Gasteiger partial charge is 0.246 e. The van der Waals surface area contributed by atoms with E-state index in [9.17, 15) is 4.79 Å².